The monoisotopic (exact) mass is 152 g/mol. The number of aryl methyl sites for hydroxylation is 1. The van der Waals surface area contributed by atoms with Gasteiger partial charge < -0.3 is 0 Å². The van der Waals surface area contributed by atoms with Crippen molar-refractivity contribution in [3.05, 3.63) is 18.0 Å². The number of carbonyl (C=O) groups excluding carboxylic acids is 1. The molecule has 0 N–H and O–H groups in total. The van der Waals surface area contributed by atoms with Crippen LogP contribution in [0, 0.1) is 0 Å². The highest BCUT2D eigenvalue weighted by atomic mass is 16.1. The molecule has 0 aliphatic heterocycles. The molecule has 0 spiro atoms. The standard InChI is InChI=1S/C8H12N2O/c1-2-3-4-10-6-8(7-11)5-9-10/h5-7H,2-4H2,1H3. The zero-order chi connectivity index (χ0) is 8.10. The average molecular weight is 152 g/mol. The van der Waals surface area contributed by atoms with E-state index in [0.717, 1.165) is 25.7 Å². The molecular formula is C8H12N2O. The van der Waals surface area contributed by atoms with Gasteiger partial charge in [0.15, 0.2) is 6.29 Å². The number of hydrogen-bond donors (Lipinski definition) is 0. The molecule has 0 radical (unpaired) electrons. The zero-order valence-electron chi connectivity index (χ0n) is 6.66. The summed E-state index contributed by atoms with van der Waals surface area (Å²) in [6.07, 6.45) is 6.43. The lowest BCUT2D eigenvalue weighted by atomic mass is 10.3. The summed E-state index contributed by atoms with van der Waals surface area (Å²) in [7, 11) is 0. The molecule has 1 aromatic heterocycles. The van der Waals surface area contributed by atoms with Gasteiger partial charge in [-0.25, -0.2) is 0 Å². The topological polar surface area (TPSA) is 34.9 Å². The molecule has 0 unspecified atom stereocenters. The smallest absolute Gasteiger partial charge is 0.153 e. The number of rotatable bonds is 4. The van der Waals surface area contributed by atoms with Gasteiger partial charge in [0.05, 0.1) is 11.8 Å². The SMILES string of the molecule is CCCCn1cc(C=O)cn1. The lowest BCUT2D eigenvalue weighted by Crippen LogP contribution is -1.96. The van der Waals surface area contributed by atoms with Crippen LogP contribution < -0.4 is 0 Å². The summed E-state index contributed by atoms with van der Waals surface area (Å²) < 4.78 is 1.80. The molecule has 60 valence electrons. The Hall–Kier alpha value is -1.12. The Morgan fingerprint density at radius 1 is 1.73 bits per heavy atom. The number of nitrogens with zero attached hydrogens (tertiary/aromatic N) is 2. The van der Waals surface area contributed by atoms with Crippen LogP contribution >= 0.6 is 0 Å². The van der Waals surface area contributed by atoms with E-state index in [1.165, 1.54) is 0 Å². The minimum atomic E-state index is 0.654. The molecule has 0 bridgehead atoms. The van der Waals surface area contributed by atoms with Crippen molar-refractivity contribution in [1.29, 1.82) is 0 Å². The molecule has 0 amide bonds. The molecule has 1 aromatic rings. The first-order valence-electron chi connectivity index (χ1n) is 3.84. The molecule has 1 rings (SSSR count). The highest BCUT2D eigenvalue weighted by Crippen LogP contribution is 1.96. The molecule has 0 aliphatic rings. The minimum absolute atomic E-state index is 0.654. The Kier molecular flexibility index (Phi) is 2.83. The van der Waals surface area contributed by atoms with Crippen molar-refractivity contribution in [1.82, 2.24) is 9.78 Å². The van der Waals surface area contributed by atoms with Crippen LogP contribution in [0.2, 0.25) is 0 Å². The molecular weight excluding hydrogens is 140 g/mol. The summed E-state index contributed by atoms with van der Waals surface area (Å²) in [6.45, 7) is 3.04. The third-order valence-electron chi connectivity index (χ3n) is 1.53. The van der Waals surface area contributed by atoms with Crippen LogP contribution in [-0.2, 0) is 6.54 Å². The summed E-state index contributed by atoms with van der Waals surface area (Å²) in [6, 6.07) is 0. The van der Waals surface area contributed by atoms with Gasteiger partial charge in [-0.2, -0.15) is 5.10 Å². The van der Waals surface area contributed by atoms with E-state index in [4.69, 9.17) is 0 Å². The average Bonchev–Trinajstić information content (AvgIpc) is 2.48. The van der Waals surface area contributed by atoms with Gasteiger partial charge >= 0.3 is 0 Å². The van der Waals surface area contributed by atoms with Crippen molar-refractivity contribution in [2.45, 2.75) is 26.3 Å². The third-order valence-corrected chi connectivity index (χ3v) is 1.53. The first kappa shape index (κ1) is 7.98. The fourth-order valence-corrected chi connectivity index (χ4v) is 0.883. The third kappa shape index (κ3) is 2.18. The quantitative estimate of drug-likeness (QED) is 0.613. The van der Waals surface area contributed by atoms with Gasteiger partial charge in [-0.05, 0) is 6.42 Å². The van der Waals surface area contributed by atoms with Crippen LogP contribution in [-0.4, -0.2) is 16.1 Å². The Bertz CT molecular complexity index is 230. The fraction of sp³-hybridized carbons (Fsp3) is 0.500. The van der Waals surface area contributed by atoms with Gasteiger partial charge in [0.25, 0.3) is 0 Å². The van der Waals surface area contributed by atoms with E-state index < -0.39 is 0 Å². The Morgan fingerprint density at radius 3 is 3.09 bits per heavy atom. The van der Waals surface area contributed by atoms with Gasteiger partial charge in [-0.15, -0.1) is 0 Å². The molecule has 0 aromatic carbocycles. The Morgan fingerprint density at radius 2 is 2.55 bits per heavy atom. The van der Waals surface area contributed by atoms with E-state index in [2.05, 4.69) is 12.0 Å². The van der Waals surface area contributed by atoms with Gasteiger partial charge in [0.2, 0.25) is 0 Å². The molecule has 3 nitrogen and oxygen atoms in total. The first-order valence-corrected chi connectivity index (χ1v) is 3.84. The number of carbonyl (C=O) groups is 1. The van der Waals surface area contributed by atoms with E-state index in [1.807, 2.05) is 0 Å². The summed E-state index contributed by atoms with van der Waals surface area (Å²) in [4.78, 5) is 10.2. The minimum Gasteiger partial charge on any atom is -0.298 e. The first-order chi connectivity index (χ1) is 5.36. The molecule has 3 heteroatoms. The number of unbranched alkanes of at least 4 members (excludes halogenated alkanes) is 1. The van der Waals surface area contributed by atoms with Crippen molar-refractivity contribution in [2.24, 2.45) is 0 Å². The molecule has 0 atom stereocenters. The molecule has 0 fully saturated rings. The maximum Gasteiger partial charge on any atom is 0.153 e. The molecule has 0 saturated carbocycles. The number of hydrogen-bond acceptors (Lipinski definition) is 2. The highest BCUT2D eigenvalue weighted by molar-refractivity contribution is 5.73. The van der Waals surface area contributed by atoms with Gasteiger partial charge in [0, 0.05) is 12.7 Å². The molecule has 0 saturated heterocycles. The Balaban J connectivity index is 2.51. The second kappa shape index (κ2) is 3.91. The van der Waals surface area contributed by atoms with Crippen LogP contribution in [0.3, 0.4) is 0 Å². The molecule has 1 heterocycles. The van der Waals surface area contributed by atoms with E-state index in [-0.39, 0.29) is 0 Å². The van der Waals surface area contributed by atoms with Gasteiger partial charge in [-0.3, -0.25) is 9.48 Å². The van der Waals surface area contributed by atoms with E-state index >= 15 is 0 Å². The summed E-state index contributed by atoms with van der Waals surface area (Å²) in [5.41, 5.74) is 0.654. The maximum absolute atomic E-state index is 10.2. The normalized spacial score (nSPS) is 9.91. The lowest BCUT2D eigenvalue weighted by Gasteiger charge is -1.96. The second-order valence-corrected chi connectivity index (χ2v) is 2.51. The lowest BCUT2D eigenvalue weighted by molar-refractivity contribution is 0.112. The zero-order valence-corrected chi connectivity index (χ0v) is 6.66. The van der Waals surface area contributed by atoms with E-state index in [0.29, 0.717) is 5.56 Å². The molecule has 11 heavy (non-hydrogen) atoms. The second-order valence-electron chi connectivity index (χ2n) is 2.51. The van der Waals surface area contributed by atoms with Crippen molar-refractivity contribution in [3.8, 4) is 0 Å². The van der Waals surface area contributed by atoms with Crippen molar-refractivity contribution < 1.29 is 4.79 Å². The maximum atomic E-state index is 10.2. The summed E-state index contributed by atoms with van der Waals surface area (Å²) in [5, 5.41) is 4.01. The van der Waals surface area contributed by atoms with E-state index in [1.54, 1.807) is 17.1 Å². The van der Waals surface area contributed by atoms with Crippen LogP contribution in [0.5, 0.6) is 0 Å². The van der Waals surface area contributed by atoms with Crippen molar-refractivity contribution >= 4 is 6.29 Å². The Labute approximate surface area is 66.0 Å². The van der Waals surface area contributed by atoms with Crippen molar-refractivity contribution in [3.63, 3.8) is 0 Å². The van der Waals surface area contributed by atoms with E-state index in [9.17, 15) is 4.79 Å². The van der Waals surface area contributed by atoms with Crippen LogP contribution in [0.15, 0.2) is 12.4 Å². The number of aldehydes is 1. The predicted octanol–water partition coefficient (Wildman–Crippen LogP) is 1.50. The van der Waals surface area contributed by atoms with Gasteiger partial charge in [0.1, 0.15) is 0 Å². The molecule has 0 aliphatic carbocycles. The fourth-order valence-electron chi connectivity index (χ4n) is 0.883. The largest absolute Gasteiger partial charge is 0.298 e. The van der Waals surface area contributed by atoms with Crippen LogP contribution in [0.25, 0.3) is 0 Å². The van der Waals surface area contributed by atoms with Gasteiger partial charge in [-0.1, -0.05) is 13.3 Å². The highest BCUT2D eigenvalue weighted by Gasteiger charge is 1.94. The van der Waals surface area contributed by atoms with Crippen LogP contribution in [0.4, 0.5) is 0 Å². The summed E-state index contributed by atoms with van der Waals surface area (Å²) >= 11 is 0. The van der Waals surface area contributed by atoms with Crippen molar-refractivity contribution in [2.75, 3.05) is 0 Å². The predicted molar refractivity (Wildman–Crippen MR) is 42.5 cm³/mol. The van der Waals surface area contributed by atoms with Crippen LogP contribution in [0.1, 0.15) is 30.1 Å². The summed E-state index contributed by atoms with van der Waals surface area (Å²) in [5.74, 6) is 0. The number of aromatic nitrogens is 2.